The first-order valence-corrected chi connectivity index (χ1v) is 11.5. The number of nitrogens with one attached hydrogen (secondary N) is 1. The van der Waals surface area contributed by atoms with Gasteiger partial charge in [0.25, 0.3) is 5.91 Å². The monoisotopic (exact) mass is 463 g/mol. The van der Waals surface area contributed by atoms with Gasteiger partial charge in [0.05, 0.1) is 6.42 Å². The fourth-order valence-corrected chi connectivity index (χ4v) is 4.48. The minimum absolute atomic E-state index is 0.320. The van der Waals surface area contributed by atoms with Crippen molar-refractivity contribution in [3.8, 4) is 5.75 Å². The van der Waals surface area contributed by atoms with E-state index in [0.29, 0.717) is 35.6 Å². The number of aliphatic hydroxyl groups is 1. The molecule has 5 heteroatoms. The second kappa shape index (κ2) is 9.57. The summed E-state index contributed by atoms with van der Waals surface area (Å²) in [5.41, 5.74) is 2.42. The van der Waals surface area contributed by atoms with Crippen LogP contribution in [0.2, 0.25) is 0 Å². The molecule has 1 atom stereocenters. The summed E-state index contributed by atoms with van der Waals surface area (Å²) >= 11 is 0. The predicted octanol–water partition coefficient (Wildman–Crippen LogP) is 5.27. The summed E-state index contributed by atoms with van der Waals surface area (Å²) < 4.78 is 5.79. The Labute approximate surface area is 204 Å². The van der Waals surface area contributed by atoms with Gasteiger partial charge < -0.3 is 15.2 Å². The van der Waals surface area contributed by atoms with Crippen molar-refractivity contribution in [3.05, 3.63) is 131 Å². The molecule has 0 saturated carbocycles. The number of benzene rings is 4. The number of Topliss-reactive ketones (excluding diaryl/α,β-unsaturated/α-hetero) is 1. The predicted molar refractivity (Wildman–Crippen MR) is 134 cm³/mol. The molecule has 4 aromatic carbocycles. The molecule has 0 aromatic heterocycles. The van der Waals surface area contributed by atoms with E-state index in [1.54, 1.807) is 30.3 Å². The topological polar surface area (TPSA) is 75.6 Å². The van der Waals surface area contributed by atoms with Crippen molar-refractivity contribution in [2.24, 2.45) is 0 Å². The number of amides is 1. The first-order valence-electron chi connectivity index (χ1n) is 11.5. The molecule has 2 N–H and O–H groups in total. The second-order valence-corrected chi connectivity index (χ2v) is 8.72. The Hall–Kier alpha value is -4.22. The summed E-state index contributed by atoms with van der Waals surface area (Å²) in [6.45, 7) is 0.426. The Kier molecular flexibility index (Phi) is 6.17. The smallest absolute Gasteiger partial charge is 0.261 e. The van der Waals surface area contributed by atoms with Gasteiger partial charge in [-0.2, -0.15) is 0 Å². The van der Waals surface area contributed by atoms with Gasteiger partial charge in [-0.25, -0.2) is 0 Å². The van der Waals surface area contributed by atoms with Gasteiger partial charge in [-0.1, -0.05) is 72.8 Å². The number of fused-ring (bicyclic) bond motifs is 1. The lowest BCUT2D eigenvalue weighted by Gasteiger charge is -2.23. The maximum Gasteiger partial charge on any atom is 0.261 e. The first kappa shape index (κ1) is 22.6. The van der Waals surface area contributed by atoms with Crippen LogP contribution in [0.25, 0.3) is 0 Å². The zero-order valence-corrected chi connectivity index (χ0v) is 19.1. The van der Waals surface area contributed by atoms with Crippen molar-refractivity contribution in [2.75, 3.05) is 5.32 Å². The molecular formula is C30H25NO4. The minimum Gasteiger partial charge on any atom is -0.489 e. The molecule has 5 nitrogen and oxygen atoms in total. The third kappa shape index (κ3) is 4.72. The maximum absolute atomic E-state index is 13.1. The van der Waals surface area contributed by atoms with E-state index in [4.69, 9.17) is 4.74 Å². The number of anilines is 1. The Balaban J connectivity index is 1.34. The van der Waals surface area contributed by atoms with Crippen LogP contribution in [0.4, 0.5) is 5.69 Å². The first-order chi connectivity index (χ1) is 17.0. The SMILES string of the molecule is O=C(CC1(O)C(=O)Nc2cccc(Cc3ccccc3)c21)c1ccc(OCc2ccccc2)cc1. The fourth-order valence-electron chi connectivity index (χ4n) is 4.48. The van der Waals surface area contributed by atoms with E-state index < -0.39 is 11.5 Å². The van der Waals surface area contributed by atoms with Gasteiger partial charge >= 0.3 is 0 Å². The van der Waals surface area contributed by atoms with Crippen molar-refractivity contribution >= 4 is 17.4 Å². The van der Waals surface area contributed by atoms with Crippen molar-refractivity contribution < 1.29 is 19.4 Å². The van der Waals surface area contributed by atoms with Crippen LogP contribution in [-0.4, -0.2) is 16.8 Å². The van der Waals surface area contributed by atoms with E-state index >= 15 is 0 Å². The van der Waals surface area contributed by atoms with Gasteiger partial charge in [0, 0.05) is 16.8 Å². The lowest BCUT2D eigenvalue weighted by atomic mass is 9.84. The highest BCUT2D eigenvalue weighted by Gasteiger charge is 2.48. The number of ketones is 1. The van der Waals surface area contributed by atoms with Crippen LogP contribution in [-0.2, 0) is 23.4 Å². The molecule has 5 rings (SSSR count). The molecule has 1 aliphatic heterocycles. The molecule has 1 amide bonds. The van der Waals surface area contributed by atoms with Crippen LogP contribution in [0.1, 0.15) is 39.0 Å². The Morgan fingerprint density at radius 3 is 2.14 bits per heavy atom. The van der Waals surface area contributed by atoms with Crippen molar-refractivity contribution in [3.63, 3.8) is 0 Å². The summed E-state index contributed by atoms with van der Waals surface area (Å²) in [4.78, 5) is 26.0. The van der Waals surface area contributed by atoms with Gasteiger partial charge in [-0.3, -0.25) is 9.59 Å². The van der Waals surface area contributed by atoms with Crippen molar-refractivity contribution in [1.82, 2.24) is 0 Å². The van der Waals surface area contributed by atoms with E-state index in [9.17, 15) is 14.7 Å². The molecule has 0 saturated heterocycles. The van der Waals surface area contributed by atoms with Crippen LogP contribution < -0.4 is 10.1 Å². The number of hydrogen-bond donors (Lipinski definition) is 2. The molecule has 1 heterocycles. The number of rotatable bonds is 8. The minimum atomic E-state index is -1.93. The third-order valence-electron chi connectivity index (χ3n) is 6.27. The normalized spacial score (nSPS) is 16.4. The molecule has 1 unspecified atom stereocenters. The lowest BCUT2D eigenvalue weighted by molar-refractivity contribution is -0.133. The molecule has 35 heavy (non-hydrogen) atoms. The van der Waals surface area contributed by atoms with E-state index in [-0.39, 0.29) is 12.2 Å². The lowest BCUT2D eigenvalue weighted by Crippen LogP contribution is -2.37. The molecule has 0 fully saturated rings. The van der Waals surface area contributed by atoms with Gasteiger partial charge in [0.15, 0.2) is 11.4 Å². The average Bonchev–Trinajstić information content (AvgIpc) is 3.14. The van der Waals surface area contributed by atoms with Gasteiger partial charge in [-0.05, 0) is 53.4 Å². The van der Waals surface area contributed by atoms with E-state index in [1.165, 1.54) is 0 Å². The van der Waals surface area contributed by atoms with Crippen molar-refractivity contribution in [1.29, 1.82) is 0 Å². The quantitative estimate of drug-likeness (QED) is 0.349. The number of carbonyl (C=O) groups excluding carboxylic acids is 2. The number of hydrogen-bond acceptors (Lipinski definition) is 4. The van der Waals surface area contributed by atoms with Crippen LogP contribution in [0.3, 0.4) is 0 Å². The molecule has 0 spiro atoms. The Morgan fingerprint density at radius 1 is 0.800 bits per heavy atom. The van der Waals surface area contributed by atoms with Crippen LogP contribution in [0.15, 0.2) is 103 Å². The van der Waals surface area contributed by atoms with Gasteiger partial charge in [0.2, 0.25) is 0 Å². The maximum atomic E-state index is 13.1. The average molecular weight is 464 g/mol. The van der Waals surface area contributed by atoms with E-state index in [0.717, 1.165) is 16.7 Å². The Bertz CT molecular complexity index is 1350. The molecular weight excluding hydrogens is 438 g/mol. The standard InChI is InChI=1S/C30H25NO4/c32-27(23-14-16-25(17-15-23)35-20-22-10-5-2-6-11-22)19-30(34)28-24(18-21-8-3-1-4-9-21)12-7-13-26(28)31-29(30)33/h1-17,34H,18-20H2,(H,31,33). The molecule has 0 aliphatic carbocycles. The molecule has 0 bridgehead atoms. The molecule has 174 valence electrons. The number of carbonyl (C=O) groups is 2. The van der Waals surface area contributed by atoms with Crippen LogP contribution in [0, 0.1) is 0 Å². The second-order valence-electron chi connectivity index (χ2n) is 8.72. The zero-order valence-electron chi connectivity index (χ0n) is 19.1. The van der Waals surface area contributed by atoms with Crippen LogP contribution >= 0.6 is 0 Å². The summed E-state index contributed by atoms with van der Waals surface area (Å²) in [5, 5.41) is 14.3. The highest BCUT2D eigenvalue weighted by Crippen LogP contribution is 2.42. The van der Waals surface area contributed by atoms with Crippen LogP contribution in [0.5, 0.6) is 5.75 Å². The summed E-state index contributed by atoms with van der Waals surface area (Å²) in [6.07, 6.45) is 0.199. The molecule has 1 aliphatic rings. The zero-order chi connectivity index (χ0) is 24.3. The summed E-state index contributed by atoms with van der Waals surface area (Å²) in [5.74, 6) is -0.262. The number of ether oxygens (including phenoxy) is 1. The fraction of sp³-hybridized carbons (Fsp3) is 0.133. The van der Waals surface area contributed by atoms with Gasteiger partial charge in [0.1, 0.15) is 12.4 Å². The largest absolute Gasteiger partial charge is 0.489 e. The summed E-state index contributed by atoms with van der Waals surface area (Å²) in [6, 6.07) is 31.9. The highest BCUT2D eigenvalue weighted by atomic mass is 16.5. The van der Waals surface area contributed by atoms with Crippen molar-refractivity contribution in [2.45, 2.75) is 25.0 Å². The molecule has 0 radical (unpaired) electrons. The van der Waals surface area contributed by atoms with Gasteiger partial charge in [-0.15, -0.1) is 0 Å². The van der Waals surface area contributed by atoms with E-state index in [2.05, 4.69) is 5.32 Å². The molecule has 4 aromatic rings. The highest BCUT2D eigenvalue weighted by molar-refractivity contribution is 6.09. The van der Waals surface area contributed by atoms with E-state index in [1.807, 2.05) is 72.8 Å². The summed E-state index contributed by atoms with van der Waals surface area (Å²) in [7, 11) is 0. The third-order valence-corrected chi connectivity index (χ3v) is 6.27. The Morgan fingerprint density at radius 2 is 1.46 bits per heavy atom.